The molecule has 0 saturated carbocycles. The van der Waals surface area contributed by atoms with Crippen LogP contribution in [0.2, 0.25) is 0 Å². The highest BCUT2D eigenvalue weighted by Gasteiger charge is 2.20. The zero-order chi connectivity index (χ0) is 22.9. The molecule has 0 spiro atoms. The summed E-state index contributed by atoms with van der Waals surface area (Å²) >= 11 is 0. The predicted molar refractivity (Wildman–Crippen MR) is 115 cm³/mol. The molecule has 0 N–H and O–H groups in total. The SMILES string of the molecule is CC(C)(C)c1ccccc1Oc1coc2cc(OCc3ccc(C(=O)[O-])o3)ccc2c1=O. The standard InChI is InChI=1S/C25H22O7/c1-25(2,3)18-6-4-5-7-19(18)32-22-14-30-21-12-15(8-10-17(21)23(22)26)29-13-16-9-11-20(31-16)24(27)28/h4-12,14H,13H2,1-3H3,(H,27,28)/p-1. The summed E-state index contributed by atoms with van der Waals surface area (Å²) in [6, 6.07) is 15.1. The van der Waals surface area contributed by atoms with Crippen LogP contribution in [-0.2, 0) is 12.0 Å². The Labute approximate surface area is 183 Å². The number of carboxylic acids is 1. The predicted octanol–water partition coefficient (Wildman–Crippen LogP) is 4.42. The zero-order valence-electron chi connectivity index (χ0n) is 17.8. The highest BCUT2D eigenvalue weighted by molar-refractivity contribution is 5.82. The van der Waals surface area contributed by atoms with Gasteiger partial charge in [-0.3, -0.25) is 4.79 Å². The molecule has 0 atom stereocenters. The van der Waals surface area contributed by atoms with E-state index in [0.29, 0.717) is 28.2 Å². The summed E-state index contributed by atoms with van der Waals surface area (Å²) in [4.78, 5) is 23.7. The molecule has 0 aliphatic rings. The molecular formula is C25H21O7-. The molecule has 4 rings (SSSR count). The van der Waals surface area contributed by atoms with Crippen molar-refractivity contribution in [1.82, 2.24) is 0 Å². The summed E-state index contributed by atoms with van der Waals surface area (Å²) in [5, 5.41) is 11.1. The molecule has 0 radical (unpaired) electrons. The van der Waals surface area contributed by atoms with Gasteiger partial charge in [-0.15, -0.1) is 0 Å². The fourth-order valence-corrected chi connectivity index (χ4v) is 3.26. The van der Waals surface area contributed by atoms with Crippen molar-refractivity contribution in [2.45, 2.75) is 32.8 Å². The van der Waals surface area contributed by atoms with Gasteiger partial charge >= 0.3 is 0 Å². The van der Waals surface area contributed by atoms with Crippen molar-refractivity contribution in [1.29, 1.82) is 0 Å². The van der Waals surface area contributed by atoms with Gasteiger partial charge in [-0.2, -0.15) is 0 Å². The minimum absolute atomic E-state index is 0.00774. The number of aromatic carboxylic acids is 1. The molecule has 0 fully saturated rings. The quantitative estimate of drug-likeness (QED) is 0.443. The van der Waals surface area contributed by atoms with Crippen molar-refractivity contribution < 1.29 is 28.2 Å². The number of carbonyl (C=O) groups excluding carboxylic acids is 1. The van der Waals surface area contributed by atoms with E-state index in [9.17, 15) is 14.7 Å². The fraction of sp³-hybridized carbons (Fsp3) is 0.200. The minimum Gasteiger partial charge on any atom is -0.542 e. The van der Waals surface area contributed by atoms with Crippen LogP contribution in [0, 0.1) is 0 Å². The van der Waals surface area contributed by atoms with Crippen molar-refractivity contribution in [2.75, 3.05) is 0 Å². The van der Waals surface area contributed by atoms with E-state index in [1.54, 1.807) is 18.2 Å². The number of benzene rings is 2. The third kappa shape index (κ3) is 4.37. The van der Waals surface area contributed by atoms with E-state index in [1.165, 1.54) is 18.4 Å². The third-order valence-corrected chi connectivity index (χ3v) is 4.87. The van der Waals surface area contributed by atoms with Gasteiger partial charge in [0.05, 0.1) is 5.39 Å². The van der Waals surface area contributed by atoms with E-state index in [0.717, 1.165) is 5.56 Å². The minimum atomic E-state index is -1.40. The Morgan fingerprint density at radius 3 is 2.53 bits per heavy atom. The number of carboxylic acid groups (broad SMARTS) is 1. The molecule has 7 nitrogen and oxygen atoms in total. The molecule has 0 aliphatic heterocycles. The third-order valence-electron chi connectivity index (χ3n) is 4.87. The Kier molecular flexibility index (Phi) is 5.48. The molecule has 32 heavy (non-hydrogen) atoms. The molecule has 0 amide bonds. The fourth-order valence-electron chi connectivity index (χ4n) is 3.26. The van der Waals surface area contributed by atoms with Gasteiger partial charge in [0.2, 0.25) is 11.2 Å². The zero-order valence-corrected chi connectivity index (χ0v) is 17.8. The molecule has 164 valence electrons. The Hall–Kier alpha value is -4.00. The Morgan fingerprint density at radius 2 is 1.81 bits per heavy atom. The monoisotopic (exact) mass is 433 g/mol. The van der Waals surface area contributed by atoms with Gasteiger partial charge in [0.1, 0.15) is 47.4 Å². The van der Waals surface area contributed by atoms with Crippen molar-refractivity contribution in [3.63, 3.8) is 0 Å². The number of hydrogen-bond donors (Lipinski definition) is 0. The van der Waals surface area contributed by atoms with Crippen LogP contribution in [0.5, 0.6) is 17.2 Å². The number of para-hydroxylation sites is 1. The summed E-state index contributed by atoms with van der Waals surface area (Å²) in [5.41, 5.74) is 0.850. The summed E-state index contributed by atoms with van der Waals surface area (Å²) in [6.45, 7) is 6.22. The molecule has 0 unspecified atom stereocenters. The average Bonchev–Trinajstić information content (AvgIpc) is 3.23. The van der Waals surface area contributed by atoms with Crippen LogP contribution in [0.15, 0.2) is 74.5 Å². The summed E-state index contributed by atoms with van der Waals surface area (Å²) in [6.07, 6.45) is 1.28. The van der Waals surface area contributed by atoms with E-state index >= 15 is 0 Å². The number of rotatable bonds is 6. The maximum Gasteiger partial charge on any atom is 0.235 e. The molecule has 0 saturated heterocycles. The van der Waals surface area contributed by atoms with Gasteiger partial charge in [0, 0.05) is 11.6 Å². The van der Waals surface area contributed by atoms with Crippen LogP contribution in [0.4, 0.5) is 0 Å². The van der Waals surface area contributed by atoms with E-state index in [1.807, 2.05) is 24.3 Å². The first-order chi connectivity index (χ1) is 15.2. The van der Waals surface area contributed by atoms with Gasteiger partial charge in [-0.05, 0) is 35.7 Å². The number of fused-ring (bicyclic) bond motifs is 1. The Morgan fingerprint density at radius 1 is 1.03 bits per heavy atom. The normalized spacial score (nSPS) is 11.5. The van der Waals surface area contributed by atoms with Crippen LogP contribution in [0.25, 0.3) is 11.0 Å². The van der Waals surface area contributed by atoms with E-state index in [-0.39, 0.29) is 29.0 Å². The molecule has 2 heterocycles. The first-order valence-corrected chi connectivity index (χ1v) is 9.98. The summed E-state index contributed by atoms with van der Waals surface area (Å²) in [5.74, 6) is -0.222. The lowest BCUT2D eigenvalue weighted by molar-refractivity contribution is -0.257. The maximum atomic E-state index is 12.9. The van der Waals surface area contributed by atoms with Crippen LogP contribution in [0.3, 0.4) is 0 Å². The molecule has 0 aliphatic carbocycles. The van der Waals surface area contributed by atoms with E-state index < -0.39 is 5.97 Å². The largest absolute Gasteiger partial charge is 0.542 e. The van der Waals surface area contributed by atoms with Crippen molar-refractivity contribution in [3.05, 3.63) is 88.2 Å². The van der Waals surface area contributed by atoms with Gasteiger partial charge in [-0.25, -0.2) is 0 Å². The topological polar surface area (TPSA) is 102 Å². The van der Waals surface area contributed by atoms with Crippen molar-refractivity contribution in [2.24, 2.45) is 0 Å². The summed E-state index contributed by atoms with van der Waals surface area (Å²) < 4.78 is 22.3. The number of ether oxygens (including phenoxy) is 2. The second-order valence-corrected chi connectivity index (χ2v) is 8.28. The Bertz CT molecular complexity index is 1340. The smallest absolute Gasteiger partial charge is 0.235 e. The lowest BCUT2D eigenvalue weighted by atomic mass is 9.86. The lowest BCUT2D eigenvalue weighted by Crippen LogP contribution is -2.21. The first kappa shape index (κ1) is 21.2. The van der Waals surface area contributed by atoms with Gasteiger partial charge < -0.3 is 28.2 Å². The molecule has 7 heteroatoms. The van der Waals surface area contributed by atoms with Crippen LogP contribution in [-0.4, -0.2) is 5.97 Å². The van der Waals surface area contributed by atoms with Crippen molar-refractivity contribution in [3.8, 4) is 17.2 Å². The highest BCUT2D eigenvalue weighted by Crippen LogP contribution is 2.33. The van der Waals surface area contributed by atoms with Gasteiger partial charge in [-0.1, -0.05) is 39.0 Å². The van der Waals surface area contributed by atoms with Crippen LogP contribution < -0.4 is 20.0 Å². The maximum absolute atomic E-state index is 12.9. The molecule has 2 aromatic carbocycles. The van der Waals surface area contributed by atoms with E-state index in [4.69, 9.17) is 18.3 Å². The van der Waals surface area contributed by atoms with Crippen molar-refractivity contribution >= 4 is 16.9 Å². The Balaban J connectivity index is 1.56. The second-order valence-electron chi connectivity index (χ2n) is 8.28. The second kappa shape index (κ2) is 8.26. The number of hydrogen-bond acceptors (Lipinski definition) is 7. The number of furan rings is 1. The van der Waals surface area contributed by atoms with Gasteiger partial charge in [0.15, 0.2) is 0 Å². The highest BCUT2D eigenvalue weighted by atomic mass is 16.5. The molecule has 2 aromatic heterocycles. The lowest BCUT2D eigenvalue weighted by Gasteiger charge is -2.22. The summed E-state index contributed by atoms with van der Waals surface area (Å²) in [7, 11) is 0. The van der Waals surface area contributed by atoms with Crippen LogP contribution in [0.1, 0.15) is 42.6 Å². The molecule has 0 bridgehead atoms. The van der Waals surface area contributed by atoms with E-state index in [2.05, 4.69) is 20.8 Å². The molecule has 4 aromatic rings. The molecular weight excluding hydrogens is 412 g/mol. The van der Waals surface area contributed by atoms with Crippen LogP contribution >= 0.6 is 0 Å². The average molecular weight is 433 g/mol. The van der Waals surface area contributed by atoms with Gasteiger partial charge in [0.25, 0.3) is 0 Å². The first-order valence-electron chi connectivity index (χ1n) is 9.98. The number of carbonyl (C=O) groups is 1.